The number of halogens is 1. The van der Waals surface area contributed by atoms with Crippen molar-refractivity contribution in [1.29, 1.82) is 0 Å². The van der Waals surface area contributed by atoms with E-state index in [2.05, 4.69) is 0 Å². The van der Waals surface area contributed by atoms with Gasteiger partial charge in [0, 0.05) is 18.7 Å². The van der Waals surface area contributed by atoms with Gasteiger partial charge >= 0.3 is 0 Å². The van der Waals surface area contributed by atoms with Crippen LogP contribution in [-0.2, 0) is 6.42 Å². The zero-order valence-electron chi connectivity index (χ0n) is 7.44. The predicted molar refractivity (Wildman–Crippen MR) is 48.5 cm³/mol. The number of rotatable bonds is 4. The monoisotopic (exact) mass is 199 g/mol. The summed E-state index contributed by atoms with van der Waals surface area (Å²) in [6, 6.07) is 3.40. The summed E-state index contributed by atoms with van der Waals surface area (Å²) in [4.78, 5) is 9.80. The Morgan fingerprint density at radius 1 is 1.50 bits per heavy atom. The van der Waals surface area contributed by atoms with Crippen LogP contribution in [0.3, 0.4) is 0 Å². The van der Waals surface area contributed by atoms with Crippen LogP contribution in [-0.4, -0.2) is 16.6 Å². The van der Waals surface area contributed by atoms with Crippen LogP contribution in [0.4, 0.5) is 10.1 Å². The van der Waals surface area contributed by atoms with E-state index in [9.17, 15) is 14.5 Å². The van der Waals surface area contributed by atoms with E-state index in [1.54, 1.807) is 0 Å². The Morgan fingerprint density at radius 2 is 2.21 bits per heavy atom. The molecule has 0 aromatic heterocycles. The van der Waals surface area contributed by atoms with E-state index in [0.29, 0.717) is 12.8 Å². The predicted octanol–water partition coefficient (Wildman–Crippen LogP) is 1.66. The van der Waals surface area contributed by atoms with Gasteiger partial charge in [0.2, 0.25) is 0 Å². The standard InChI is InChI=1S/C9H10FNO3/c10-9-4-3-8(11(13)14)6-7(9)2-1-5-12/h3-4,6,12H,1-2,5H2. The smallest absolute Gasteiger partial charge is 0.269 e. The molecule has 1 aromatic rings. The summed E-state index contributed by atoms with van der Waals surface area (Å²) in [6.45, 7) is -0.0534. The summed E-state index contributed by atoms with van der Waals surface area (Å²) in [6.07, 6.45) is 0.710. The number of aryl methyl sites for hydroxylation is 1. The van der Waals surface area contributed by atoms with Gasteiger partial charge in [-0.2, -0.15) is 0 Å². The van der Waals surface area contributed by atoms with Gasteiger partial charge < -0.3 is 5.11 Å². The van der Waals surface area contributed by atoms with Crippen molar-refractivity contribution >= 4 is 5.69 Å². The molecule has 14 heavy (non-hydrogen) atoms. The number of aliphatic hydroxyl groups excluding tert-OH is 1. The molecule has 76 valence electrons. The molecule has 0 aliphatic carbocycles. The quantitative estimate of drug-likeness (QED) is 0.592. The highest BCUT2D eigenvalue weighted by molar-refractivity contribution is 5.35. The molecule has 1 aromatic carbocycles. The molecular weight excluding hydrogens is 189 g/mol. The molecule has 0 radical (unpaired) electrons. The van der Waals surface area contributed by atoms with Gasteiger partial charge in [-0.15, -0.1) is 0 Å². The number of benzene rings is 1. The van der Waals surface area contributed by atoms with Crippen LogP contribution in [0.1, 0.15) is 12.0 Å². The van der Waals surface area contributed by atoms with E-state index >= 15 is 0 Å². The zero-order valence-corrected chi connectivity index (χ0v) is 7.44. The van der Waals surface area contributed by atoms with Crippen molar-refractivity contribution in [2.75, 3.05) is 6.61 Å². The average molecular weight is 199 g/mol. The summed E-state index contributed by atoms with van der Waals surface area (Å²) in [5.74, 6) is -0.468. The van der Waals surface area contributed by atoms with Crippen LogP contribution < -0.4 is 0 Å². The highest BCUT2D eigenvalue weighted by atomic mass is 19.1. The largest absolute Gasteiger partial charge is 0.396 e. The van der Waals surface area contributed by atoms with Crippen molar-refractivity contribution in [3.63, 3.8) is 0 Å². The molecule has 4 nitrogen and oxygen atoms in total. The second-order valence-electron chi connectivity index (χ2n) is 2.86. The number of hydrogen-bond acceptors (Lipinski definition) is 3. The van der Waals surface area contributed by atoms with Crippen LogP contribution in [0.25, 0.3) is 0 Å². The van der Waals surface area contributed by atoms with Crippen molar-refractivity contribution in [3.05, 3.63) is 39.7 Å². The van der Waals surface area contributed by atoms with Crippen molar-refractivity contribution < 1.29 is 14.4 Å². The van der Waals surface area contributed by atoms with Crippen LogP contribution in [0.15, 0.2) is 18.2 Å². The van der Waals surface area contributed by atoms with Crippen LogP contribution >= 0.6 is 0 Å². The normalized spacial score (nSPS) is 10.1. The number of non-ortho nitro benzene ring substituents is 1. The maximum atomic E-state index is 13.1. The maximum Gasteiger partial charge on any atom is 0.269 e. The Hall–Kier alpha value is -1.49. The molecule has 1 N–H and O–H groups in total. The van der Waals surface area contributed by atoms with Gasteiger partial charge in [0.1, 0.15) is 5.82 Å². The SMILES string of the molecule is O=[N+]([O-])c1ccc(F)c(CCCO)c1. The van der Waals surface area contributed by atoms with E-state index in [-0.39, 0.29) is 17.9 Å². The second-order valence-corrected chi connectivity index (χ2v) is 2.86. The van der Waals surface area contributed by atoms with E-state index in [0.717, 1.165) is 12.1 Å². The molecule has 0 aliphatic rings. The minimum atomic E-state index is -0.568. The maximum absolute atomic E-state index is 13.1. The van der Waals surface area contributed by atoms with Gasteiger partial charge in [-0.05, 0) is 24.5 Å². The van der Waals surface area contributed by atoms with Crippen molar-refractivity contribution in [2.24, 2.45) is 0 Å². The van der Waals surface area contributed by atoms with Crippen LogP contribution in [0.5, 0.6) is 0 Å². The summed E-state index contributed by atoms with van der Waals surface area (Å²) < 4.78 is 13.1. The molecule has 0 saturated carbocycles. The molecule has 0 fully saturated rings. The third-order valence-electron chi connectivity index (χ3n) is 1.84. The van der Waals surface area contributed by atoms with Gasteiger partial charge in [0.25, 0.3) is 5.69 Å². The van der Waals surface area contributed by atoms with Gasteiger partial charge in [-0.3, -0.25) is 10.1 Å². The van der Waals surface area contributed by atoms with Gasteiger partial charge in [0.05, 0.1) is 4.92 Å². The first-order valence-electron chi connectivity index (χ1n) is 4.19. The molecule has 0 bridgehead atoms. The summed E-state index contributed by atoms with van der Waals surface area (Å²) in [5, 5.41) is 18.9. The Morgan fingerprint density at radius 3 is 2.79 bits per heavy atom. The molecule has 5 heteroatoms. The second kappa shape index (κ2) is 4.66. The minimum absolute atomic E-state index is 0.0534. The lowest BCUT2D eigenvalue weighted by atomic mass is 10.1. The fraction of sp³-hybridized carbons (Fsp3) is 0.333. The third-order valence-corrected chi connectivity index (χ3v) is 1.84. The summed E-state index contributed by atoms with van der Waals surface area (Å²) in [5.41, 5.74) is 0.146. The molecule has 1 rings (SSSR count). The fourth-order valence-electron chi connectivity index (χ4n) is 1.14. The number of nitro benzene ring substituents is 1. The first-order chi connectivity index (χ1) is 6.65. The van der Waals surface area contributed by atoms with Crippen molar-refractivity contribution in [3.8, 4) is 0 Å². The number of nitrogens with zero attached hydrogens (tertiary/aromatic N) is 1. The van der Waals surface area contributed by atoms with Gasteiger partial charge in [-0.1, -0.05) is 0 Å². The van der Waals surface area contributed by atoms with E-state index in [1.807, 2.05) is 0 Å². The molecular formula is C9H10FNO3. The number of aliphatic hydroxyl groups is 1. The Kier molecular flexibility index (Phi) is 3.53. The van der Waals surface area contributed by atoms with Crippen molar-refractivity contribution in [1.82, 2.24) is 0 Å². The lowest BCUT2D eigenvalue weighted by molar-refractivity contribution is -0.385. The summed E-state index contributed by atoms with van der Waals surface area (Å²) >= 11 is 0. The van der Waals surface area contributed by atoms with E-state index in [1.165, 1.54) is 6.07 Å². The Labute approximate surface area is 80.1 Å². The first kappa shape index (κ1) is 10.6. The topological polar surface area (TPSA) is 63.4 Å². The number of nitro groups is 1. The Balaban J connectivity index is 2.90. The molecule has 0 unspecified atom stereocenters. The highest BCUT2D eigenvalue weighted by Gasteiger charge is 2.09. The molecule has 0 atom stereocenters. The first-order valence-corrected chi connectivity index (χ1v) is 4.19. The van der Waals surface area contributed by atoms with Gasteiger partial charge in [0.15, 0.2) is 0 Å². The van der Waals surface area contributed by atoms with E-state index < -0.39 is 10.7 Å². The zero-order chi connectivity index (χ0) is 10.6. The molecule has 0 spiro atoms. The minimum Gasteiger partial charge on any atom is -0.396 e. The Bertz CT molecular complexity index is 341. The summed E-state index contributed by atoms with van der Waals surface area (Å²) in [7, 11) is 0. The lowest BCUT2D eigenvalue weighted by Gasteiger charge is -2.01. The van der Waals surface area contributed by atoms with Crippen LogP contribution in [0.2, 0.25) is 0 Å². The molecule has 0 amide bonds. The average Bonchev–Trinajstić information content (AvgIpc) is 2.16. The fourth-order valence-corrected chi connectivity index (χ4v) is 1.14. The molecule has 0 heterocycles. The van der Waals surface area contributed by atoms with Crippen molar-refractivity contribution in [2.45, 2.75) is 12.8 Å². The van der Waals surface area contributed by atoms with Gasteiger partial charge in [-0.25, -0.2) is 4.39 Å². The molecule has 0 saturated heterocycles. The molecule has 0 aliphatic heterocycles. The number of hydrogen-bond donors (Lipinski definition) is 1. The lowest BCUT2D eigenvalue weighted by Crippen LogP contribution is -1.96. The van der Waals surface area contributed by atoms with E-state index in [4.69, 9.17) is 5.11 Å². The highest BCUT2D eigenvalue weighted by Crippen LogP contribution is 2.17. The third kappa shape index (κ3) is 2.50. The van der Waals surface area contributed by atoms with Crippen LogP contribution in [0, 0.1) is 15.9 Å².